The van der Waals surface area contributed by atoms with Gasteiger partial charge in [-0.25, -0.2) is 0 Å². The Morgan fingerprint density at radius 1 is 1.50 bits per heavy atom. The molecule has 0 amide bonds. The molecule has 7 heteroatoms. The lowest BCUT2D eigenvalue weighted by atomic mass is 9.84. The Hall–Kier alpha value is 0.500. The van der Waals surface area contributed by atoms with Crippen molar-refractivity contribution in [1.82, 2.24) is 0 Å². The van der Waals surface area contributed by atoms with Crippen LogP contribution in [-0.4, -0.2) is 38.0 Å². The fourth-order valence-corrected chi connectivity index (χ4v) is 2.91. The smallest absolute Gasteiger partial charge is 0.325 e. The fraction of sp³-hybridized carbons (Fsp3) is 1.00. The SMILES string of the molecule is CCC1(CCOP(C)(=O)O)COP(C)OC1. The summed E-state index contributed by atoms with van der Waals surface area (Å²) in [6.07, 6.45) is 1.60. The Bertz CT molecular complexity index is 257. The van der Waals surface area contributed by atoms with Gasteiger partial charge in [-0.2, -0.15) is 0 Å². The normalized spacial score (nSPS) is 34.6. The Morgan fingerprint density at radius 2 is 2.06 bits per heavy atom. The molecule has 0 aromatic rings. The molecule has 0 aliphatic carbocycles. The first-order valence-electron chi connectivity index (χ1n) is 5.31. The van der Waals surface area contributed by atoms with Crippen molar-refractivity contribution in [3.05, 3.63) is 0 Å². The maximum absolute atomic E-state index is 11.0. The van der Waals surface area contributed by atoms with Crippen LogP contribution in [0, 0.1) is 5.41 Å². The lowest BCUT2D eigenvalue weighted by Gasteiger charge is -2.38. The summed E-state index contributed by atoms with van der Waals surface area (Å²) < 4.78 is 26.9. The molecule has 96 valence electrons. The second-order valence-electron chi connectivity index (χ2n) is 4.23. The standard InChI is InChI=1S/C9H20O5P2/c1-4-9(5-6-14-16(3,10)11)7-12-15(2)13-8-9/h4-8H2,1-3H3,(H,10,11). The number of hydrogen-bond acceptors (Lipinski definition) is 4. The van der Waals surface area contributed by atoms with E-state index in [1.54, 1.807) is 0 Å². The minimum absolute atomic E-state index is 0.0655. The van der Waals surface area contributed by atoms with E-state index in [2.05, 4.69) is 6.92 Å². The average Bonchev–Trinajstić information content (AvgIpc) is 2.20. The van der Waals surface area contributed by atoms with Gasteiger partial charge in [0.1, 0.15) is 0 Å². The second-order valence-corrected chi connectivity index (χ2v) is 7.49. The lowest BCUT2D eigenvalue weighted by molar-refractivity contribution is 0.0157. The van der Waals surface area contributed by atoms with Crippen molar-refractivity contribution in [2.45, 2.75) is 19.8 Å². The summed E-state index contributed by atoms with van der Waals surface area (Å²) in [5.41, 5.74) is -0.0655. The first-order chi connectivity index (χ1) is 7.37. The van der Waals surface area contributed by atoms with E-state index in [0.29, 0.717) is 19.6 Å². The van der Waals surface area contributed by atoms with Crippen molar-refractivity contribution >= 4 is 16.0 Å². The highest BCUT2D eigenvalue weighted by atomic mass is 31.2. The van der Waals surface area contributed by atoms with Gasteiger partial charge >= 0.3 is 7.60 Å². The Balaban J connectivity index is 2.39. The molecule has 16 heavy (non-hydrogen) atoms. The molecule has 1 atom stereocenters. The summed E-state index contributed by atoms with van der Waals surface area (Å²) in [4.78, 5) is 9.02. The molecule has 0 aromatic carbocycles. The molecule has 0 bridgehead atoms. The van der Waals surface area contributed by atoms with E-state index in [-0.39, 0.29) is 12.0 Å². The molecule has 1 unspecified atom stereocenters. The maximum Gasteiger partial charge on any atom is 0.325 e. The van der Waals surface area contributed by atoms with Crippen molar-refractivity contribution < 1.29 is 23.0 Å². The third kappa shape index (κ3) is 4.79. The Kier molecular flexibility index (Phi) is 5.37. The van der Waals surface area contributed by atoms with Crippen LogP contribution in [0.5, 0.6) is 0 Å². The summed E-state index contributed by atoms with van der Waals surface area (Å²) in [5, 5.41) is 0. The molecule has 1 aliphatic rings. The van der Waals surface area contributed by atoms with Gasteiger partial charge in [-0.3, -0.25) is 4.57 Å². The van der Waals surface area contributed by atoms with Gasteiger partial charge in [0.05, 0.1) is 19.8 Å². The molecule has 0 saturated carbocycles. The molecule has 0 spiro atoms. The quantitative estimate of drug-likeness (QED) is 0.778. The number of hydrogen-bond donors (Lipinski definition) is 1. The zero-order valence-electron chi connectivity index (χ0n) is 10.0. The second kappa shape index (κ2) is 5.90. The molecule has 1 aliphatic heterocycles. The van der Waals surface area contributed by atoms with Gasteiger partial charge in [-0.1, -0.05) is 6.92 Å². The van der Waals surface area contributed by atoms with Crippen LogP contribution in [0.3, 0.4) is 0 Å². The molecule has 1 heterocycles. The van der Waals surface area contributed by atoms with E-state index in [1.165, 1.54) is 6.66 Å². The van der Waals surface area contributed by atoms with Crippen molar-refractivity contribution in [1.29, 1.82) is 0 Å². The molecule has 0 aromatic heterocycles. The van der Waals surface area contributed by atoms with Gasteiger partial charge < -0.3 is 18.5 Å². The summed E-state index contributed by atoms with van der Waals surface area (Å²) in [6, 6.07) is 0. The lowest BCUT2D eigenvalue weighted by Crippen LogP contribution is -2.35. The molecule has 0 radical (unpaired) electrons. The minimum atomic E-state index is -3.36. The first-order valence-corrected chi connectivity index (χ1v) is 8.96. The third-order valence-electron chi connectivity index (χ3n) is 2.82. The van der Waals surface area contributed by atoms with Gasteiger partial charge in [-0.15, -0.1) is 0 Å². The van der Waals surface area contributed by atoms with Crippen molar-refractivity contribution in [3.8, 4) is 0 Å². The summed E-state index contributed by atoms with van der Waals surface area (Å²) >= 11 is 0. The highest BCUT2D eigenvalue weighted by molar-refractivity contribution is 7.51. The average molecular weight is 270 g/mol. The molecular weight excluding hydrogens is 250 g/mol. The fourth-order valence-electron chi connectivity index (χ4n) is 1.49. The molecule has 1 rings (SSSR count). The molecular formula is C9H20O5P2. The summed E-state index contributed by atoms with van der Waals surface area (Å²) in [7, 11) is -4.10. The highest BCUT2D eigenvalue weighted by Gasteiger charge is 2.34. The van der Waals surface area contributed by atoms with Crippen LogP contribution in [0.15, 0.2) is 0 Å². The maximum atomic E-state index is 11.0. The van der Waals surface area contributed by atoms with Crippen LogP contribution in [-0.2, 0) is 18.1 Å². The summed E-state index contributed by atoms with van der Waals surface area (Å²) in [6.45, 7) is 6.76. The molecule has 1 N–H and O–H groups in total. The largest absolute Gasteiger partial charge is 0.334 e. The third-order valence-corrected chi connectivity index (χ3v) is 4.47. The van der Waals surface area contributed by atoms with E-state index in [1.807, 2.05) is 6.66 Å². The van der Waals surface area contributed by atoms with Crippen molar-refractivity contribution in [3.63, 3.8) is 0 Å². The van der Waals surface area contributed by atoms with Crippen molar-refractivity contribution in [2.24, 2.45) is 5.41 Å². The zero-order valence-corrected chi connectivity index (χ0v) is 11.8. The van der Waals surface area contributed by atoms with Gasteiger partial charge in [0.25, 0.3) is 0 Å². The summed E-state index contributed by atoms with van der Waals surface area (Å²) in [5.74, 6) is 0. The molecule has 1 fully saturated rings. The van der Waals surface area contributed by atoms with Crippen molar-refractivity contribution in [2.75, 3.05) is 33.2 Å². The van der Waals surface area contributed by atoms with E-state index >= 15 is 0 Å². The Morgan fingerprint density at radius 3 is 2.50 bits per heavy atom. The van der Waals surface area contributed by atoms with E-state index < -0.39 is 16.0 Å². The van der Waals surface area contributed by atoms with E-state index in [9.17, 15) is 4.57 Å². The van der Waals surface area contributed by atoms with Crippen LogP contribution in [0.25, 0.3) is 0 Å². The van der Waals surface area contributed by atoms with Gasteiger partial charge in [-0.05, 0) is 12.8 Å². The highest BCUT2D eigenvalue weighted by Crippen LogP contribution is 2.46. The first kappa shape index (κ1) is 14.6. The van der Waals surface area contributed by atoms with Crippen LogP contribution in [0.4, 0.5) is 0 Å². The molecule has 5 nitrogen and oxygen atoms in total. The van der Waals surface area contributed by atoms with E-state index in [0.717, 1.165) is 6.42 Å². The van der Waals surface area contributed by atoms with Gasteiger partial charge in [0, 0.05) is 18.7 Å². The van der Waals surface area contributed by atoms with Crippen LogP contribution >= 0.6 is 16.0 Å². The predicted molar refractivity (Wildman–Crippen MR) is 63.8 cm³/mol. The predicted octanol–water partition coefficient (Wildman–Crippen LogP) is 2.59. The monoisotopic (exact) mass is 270 g/mol. The minimum Gasteiger partial charge on any atom is -0.334 e. The zero-order chi connectivity index (χ0) is 12.2. The van der Waals surface area contributed by atoms with E-state index in [4.69, 9.17) is 18.5 Å². The van der Waals surface area contributed by atoms with Gasteiger partial charge in [0.2, 0.25) is 0 Å². The number of rotatable bonds is 5. The molecule has 1 saturated heterocycles. The van der Waals surface area contributed by atoms with Gasteiger partial charge in [0.15, 0.2) is 8.38 Å². The van der Waals surface area contributed by atoms with Crippen LogP contribution < -0.4 is 0 Å². The topological polar surface area (TPSA) is 65.0 Å². The Labute approximate surface area is 97.9 Å². The van der Waals surface area contributed by atoms with Crippen LogP contribution in [0.2, 0.25) is 0 Å². The van der Waals surface area contributed by atoms with Crippen LogP contribution in [0.1, 0.15) is 19.8 Å².